The van der Waals surface area contributed by atoms with E-state index in [0.717, 1.165) is 0 Å². The first kappa shape index (κ1) is 14.2. The Kier molecular flexibility index (Phi) is 3.17. The van der Waals surface area contributed by atoms with Gasteiger partial charge in [0, 0.05) is 0 Å². The molecule has 1 heterocycles. The number of primary amides is 1. The number of rotatable bonds is 1. The van der Waals surface area contributed by atoms with Gasteiger partial charge in [0.25, 0.3) is 0 Å². The quantitative estimate of drug-likeness (QED) is 0.715. The van der Waals surface area contributed by atoms with Gasteiger partial charge < -0.3 is 11.5 Å². The number of allylic oxidation sites excluding steroid dienone is 1. The van der Waals surface area contributed by atoms with E-state index in [4.69, 9.17) is 5.73 Å². The summed E-state index contributed by atoms with van der Waals surface area (Å²) in [6, 6.07) is 0. The van der Waals surface area contributed by atoms with E-state index < -0.39 is 45.7 Å². The maximum absolute atomic E-state index is 12.5. The maximum atomic E-state index is 12.5. The van der Waals surface area contributed by atoms with Gasteiger partial charge in [-0.15, -0.1) is 0 Å². The largest absolute Gasteiger partial charge is 0.422 e. The van der Waals surface area contributed by atoms with Gasteiger partial charge in [-0.1, -0.05) is 17.8 Å². The van der Waals surface area contributed by atoms with Crippen LogP contribution in [0.15, 0.2) is 11.0 Å². The molecule has 1 amide bonds. The highest BCUT2D eigenvalue weighted by molar-refractivity contribution is 8.05. The van der Waals surface area contributed by atoms with Crippen LogP contribution in [0, 0.1) is 5.92 Å². The molecule has 10 heteroatoms. The highest BCUT2D eigenvalue weighted by atomic mass is 32.2. The van der Waals surface area contributed by atoms with E-state index in [9.17, 15) is 31.1 Å². The molecule has 0 fully saturated rings. The number of carbonyl (C=O) groups is 1. The number of hydrogen-bond acceptors (Lipinski definition) is 3. The third-order valence-corrected chi connectivity index (χ3v) is 3.46. The van der Waals surface area contributed by atoms with Gasteiger partial charge in [0.2, 0.25) is 5.91 Å². The minimum absolute atomic E-state index is 0.116. The molecule has 0 saturated carbocycles. The smallest absolute Gasteiger partial charge is 0.367 e. The predicted molar refractivity (Wildman–Crippen MR) is 47.4 cm³/mol. The molecule has 0 aromatic rings. The van der Waals surface area contributed by atoms with Crippen molar-refractivity contribution in [3.05, 3.63) is 11.0 Å². The van der Waals surface area contributed by atoms with E-state index in [1.54, 1.807) is 0 Å². The van der Waals surface area contributed by atoms with Crippen LogP contribution in [0.25, 0.3) is 0 Å². The van der Waals surface area contributed by atoms with Crippen LogP contribution in [-0.4, -0.2) is 23.1 Å². The zero-order valence-corrected chi connectivity index (χ0v) is 8.71. The molecule has 0 aromatic carbocycles. The minimum atomic E-state index is -5.08. The monoisotopic (exact) mass is 280 g/mol. The van der Waals surface area contributed by atoms with Gasteiger partial charge in [0.1, 0.15) is 5.92 Å². The standard InChI is InChI=1S/C7H6F6N2OS/c8-6(9,10)2-1-3(7(11,12)13)17-5(2,15)4(14)16/h1-2H,15H2,(H2,14,16). The third kappa shape index (κ3) is 2.51. The molecule has 0 aromatic heterocycles. The predicted octanol–water partition coefficient (Wildman–Crippen LogP) is 1.50. The van der Waals surface area contributed by atoms with E-state index >= 15 is 0 Å². The van der Waals surface area contributed by atoms with Crippen molar-refractivity contribution >= 4 is 17.7 Å². The molecule has 3 nitrogen and oxygen atoms in total. The van der Waals surface area contributed by atoms with E-state index in [2.05, 4.69) is 5.73 Å². The molecule has 0 bridgehead atoms. The fourth-order valence-corrected chi connectivity index (χ4v) is 2.36. The Hall–Kier alpha value is -0.900. The van der Waals surface area contributed by atoms with Crippen molar-refractivity contribution in [1.82, 2.24) is 0 Å². The van der Waals surface area contributed by atoms with Crippen LogP contribution in [-0.2, 0) is 4.79 Å². The zero-order chi connectivity index (χ0) is 13.6. The van der Waals surface area contributed by atoms with Gasteiger partial charge in [-0.05, 0) is 0 Å². The van der Waals surface area contributed by atoms with Crippen molar-refractivity contribution in [3.63, 3.8) is 0 Å². The molecule has 0 spiro atoms. The van der Waals surface area contributed by atoms with Crippen molar-refractivity contribution < 1.29 is 31.1 Å². The normalized spacial score (nSPS) is 30.3. The zero-order valence-electron chi connectivity index (χ0n) is 7.89. The van der Waals surface area contributed by atoms with Crippen LogP contribution in [0.1, 0.15) is 0 Å². The Morgan fingerprint density at radius 1 is 1.29 bits per heavy atom. The number of halogens is 6. The summed E-state index contributed by atoms with van der Waals surface area (Å²) in [4.78, 5) is 6.40. The molecule has 2 atom stereocenters. The van der Waals surface area contributed by atoms with Crippen molar-refractivity contribution in [3.8, 4) is 0 Å². The molecule has 1 aliphatic rings. The lowest BCUT2D eigenvalue weighted by Crippen LogP contribution is -2.56. The molecule has 0 radical (unpaired) electrons. The second kappa shape index (κ2) is 3.80. The van der Waals surface area contributed by atoms with E-state index in [1.165, 1.54) is 0 Å². The highest BCUT2D eigenvalue weighted by Crippen LogP contribution is 2.53. The molecular weight excluding hydrogens is 274 g/mol. The van der Waals surface area contributed by atoms with Crippen LogP contribution in [0.3, 0.4) is 0 Å². The molecular formula is C7H6F6N2OS. The Bertz CT molecular complexity index is 376. The summed E-state index contributed by atoms with van der Waals surface area (Å²) in [5.74, 6) is -4.41. The molecule has 2 unspecified atom stereocenters. The second-order valence-electron chi connectivity index (χ2n) is 3.31. The number of alkyl halides is 6. The van der Waals surface area contributed by atoms with Crippen LogP contribution in [0.4, 0.5) is 26.3 Å². The molecule has 4 N–H and O–H groups in total. The highest BCUT2D eigenvalue weighted by Gasteiger charge is 2.61. The topological polar surface area (TPSA) is 69.1 Å². The lowest BCUT2D eigenvalue weighted by molar-refractivity contribution is -0.172. The van der Waals surface area contributed by atoms with Gasteiger partial charge in [-0.2, -0.15) is 26.3 Å². The first-order chi connectivity index (χ1) is 7.39. The van der Waals surface area contributed by atoms with Gasteiger partial charge in [0.05, 0.1) is 4.91 Å². The minimum Gasteiger partial charge on any atom is -0.367 e. The van der Waals surface area contributed by atoms with E-state index in [0.29, 0.717) is 0 Å². The average Bonchev–Trinajstić information content (AvgIpc) is 2.42. The first-order valence-corrected chi connectivity index (χ1v) is 4.84. The fraction of sp³-hybridized carbons (Fsp3) is 0.571. The van der Waals surface area contributed by atoms with Crippen molar-refractivity contribution in [2.24, 2.45) is 17.4 Å². The van der Waals surface area contributed by atoms with Gasteiger partial charge in [0.15, 0.2) is 4.87 Å². The summed E-state index contributed by atoms with van der Waals surface area (Å²) in [5, 5.41) is 0. The van der Waals surface area contributed by atoms with Crippen molar-refractivity contribution in [2.45, 2.75) is 17.2 Å². The van der Waals surface area contributed by atoms with Crippen LogP contribution in [0.2, 0.25) is 0 Å². The number of amides is 1. The summed E-state index contributed by atoms with van der Waals surface area (Å²) in [5.41, 5.74) is 9.67. The molecule has 1 rings (SSSR count). The second-order valence-corrected chi connectivity index (χ2v) is 4.63. The lowest BCUT2D eigenvalue weighted by atomic mass is 9.98. The fourth-order valence-electron chi connectivity index (χ4n) is 1.25. The summed E-state index contributed by atoms with van der Waals surface area (Å²) in [7, 11) is 0. The van der Waals surface area contributed by atoms with E-state index in [-0.39, 0.29) is 6.08 Å². The molecule has 1 aliphatic heterocycles. The van der Waals surface area contributed by atoms with Crippen LogP contribution >= 0.6 is 11.8 Å². The SMILES string of the molecule is NC(=O)C1(N)SC(C(F)(F)F)=CC1C(F)(F)F. The van der Waals surface area contributed by atoms with E-state index in [1.807, 2.05) is 0 Å². The number of carbonyl (C=O) groups excluding carboxylic acids is 1. The number of hydrogen-bond donors (Lipinski definition) is 2. The molecule has 98 valence electrons. The van der Waals surface area contributed by atoms with Crippen LogP contribution in [0.5, 0.6) is 0 Å². The summed E-state index contributed by atoms with van der Waals surface area (Å²) in [6.45, 7) is 0. The molecule has 17 heavy (non-hydrogen) atoms. The Morgan fingerprint density at radius 3 is 2.00 bits per heavy atom. The summed E-state index contributed by atoms with van der Waals surface area (Å²) >= 11 is -0.418. The maximum Gasteiger partial charge on any atom is 0.422 e. The van der Waals surface area contributed by atoms with Crippen molar-refractivity contribution in [1.29, 1.82) is 0 Å². The van der Waals surface area contributed by atoms with Crippen molar-refractivity contribution in [2.75, 3.05) is 0 Å². The summed E-state index contributed by atoms with van der Waals surface area (Å²) < 4.78 is 74.2. The third-order valence-electron chi connectivity index (χ3n) is 2.08. The summed E-state index contributed by atoms with van der Waals surface area (Å²) in [6.07, 6.45) is -10.2. The lowest BCUT2D eigenvalue weighted by Gasteiger charge is -2.28. The van der Waals surface area contributed by atoms with Gasteiger partial charge in [-0.25, -0.2) is 0 Å². The molecule has 0 aliphatic carbocycles. The first-order valence-electron chi connectivity index (χ1n) is 4.02. The average molecular weight is 280 g/mol. The molecule has 0 saturated heterocycles. The Labute approximate surface area is 95.2 Å². The number of thioether (sulfide) groups is 1. The van der Waals surface area contributed by atoms with Crippen LogP contribution < -0.4 is 11.5 Å². The number of nitrogens with two attached hydrogens (primary N) is 2. The Balaban J connectivity index is 3.21. The van der Waals surface area contributed by atoms with Gasteiger partial charge in [-0.3, -0.25) is 4.79 Å². The van der Waals surface area contributed by atoms with Gasteiger partial charge >= 0.3 is 12.4 Å². The Morgan fingerprint density at radius 2 is 1.76 bits per heavy atom.